The Bertz CT molecular complexity index is 576. The molecule has 100 valence electrons. The van der Waals surface area contributed by atoms with Gasteiger partial charge >= 0.3 is 0 Å². The average molecular weight is 257 g/mol. The van der Waals surface area contributed by atoms with E-state index in [1.165, 1.54) is 25.7 Å². The highest BCUT2D eigenvalue weighted by molar-refractivity contribution is 5.92. The fourth-order valence-electron chi connectivity index (χ4n) is 2.88. The number of nitrogens with zero attached hydrogens (tertiary/aromatic N) is 3. The van der Waals surface area contributed by atoms with Gasteiger partial charge in [0.15, 0.2) is 5.78 Å². The van der Waals surface area contributed by atoms with Crippen LogP contribution in [-0.4, -0.2) is 20.1 Å². The van der Waals surface area contributed by atoms with Crippen LogP contribution in [0.2, 0.25) is 0 Å². The third kappa shape index (κ3) is 2.48. The molecule has 0 unspecified atom stereocenters. The molecular weight excluding hydrogens is 238 g/mol. The summed E-state index contributed by atoms with van der Waals surface area (Å²) >= 11 is 0. The molecule has 1 aliphatic rings. The van der Waals surface area contributed by atoms with Crippen LogP contribution >= 0.6 is 0 Å². The van der Waals surface area contributed by atoms with Crippen LogP contribution in [0, 0.1) is 0 Å². The van der Waals surface area contributed by atoms with Gasteiger partial charge in [0.25, 0.3) is 0 Å². The first kappa shape index (κ1) is 12.2. The van der Waals surface area contributed by atoms with E-state index in [0.717, 1.165) is 11.4 Å². The topological polar surface area (TPSA) is 39.8 Å². The van der Waals surface area contributed by atoms with Crippen LogP contribution in [0.1, 0.15) is 54.8 Å². The lowest BCUT2D eigenvalue weighted by molar-refractivity contribution is 0.100. The Morgan fingerprint density at radius 3 is 2.84 bits per heavy atom. The molecule has 0 spiro atoms. The molecule has 0 bridgehead atoms. The summed E-state index contributed by atoms with van der Waals surface area (Å²) in [4.78, 5) is 11.5. The van der Waals surface area contributed by atoms with Gasteiger partial charge in [0.1, 0.15) is 0 Å². The molecule has 0 N–H and O–H groups in total. The van der Waals surface area contributed by atoms with Crippen LogP contribution in [0.5, 0.6) is 0 Å². The number of hydrogen-bond acceptors (Lipinski definition) is 2. The van der Waals surface area contributed by atoms with Gasteiger partial charge < -0.3 is 4.57 Å². The molecule has 0 saturated heterocycles. The van der Waals surface area contributed by atoms with Crippen LogP contribution in [-0.2, 0) is 6.54 Å². The summed E-state index contributed by atoms with van der Waals surface area (Å²) in [5.41, 5.74) is 1.76. The minimum Gasteiger partial charge on any atom is -0.339 e. The van der Waals surface area contributed by atoms with E-state index in [-0.39, 0.29) is 5.78 Å². The summed E-state index contributed by atoms with van der Waals surface area (Å²) in [6, 6.07) is 6.40. The zero-order valence-corrected chi connectivity index (χ0v) is 11.2. The van der Waals surface area contributed by atoms with Gasteiger partial charge in [-0.3, -0.25) is 9.48 Å². The van der Waals surface area contributed by atoms with E-state index >= 15 is 0 Å². The molecule has 0 aromatic carbocycles. The van der Waals surface area contributed by atoms with Crippen molar-refractivity contribution in [2.75, 3.05) is 0 Å². The summed E-state index contributed by atoms with van der Waals surface area (Å²) in [7, 11) is 0. The van der Waals surface area contributed by atoms with Crippen LogP contribution < -0.4 is 0 Å². The molecule has 3 rings (SSSR count). The van der Waals surface area contributed by atoms with E-state index in [1.807, 2.05) is 22.9 Å². The van der Waals surface area contributed by atoms with Gasteiger partial charge in [-0.15, -0.1) is 0 Å². The van der Waals surface area contributed by atoms with Crippen LogP contribution in [0.4, 0.5) is 0 Å². The van der Waals surface area contributed by atoms with E-state index < -0.39 is 0 Å². The molecule has 2 heterocycles. The Labute approximate surface area is 113 Å². The highest BCUT2D eigenvalue weighted by atomic mass is 16.1. The Balaban J connectivity index is 1.76. The smallest absolute Gasteiger partial charge is 0.176 e. The molecule has 19 heavy (non-hydrogen) atoms. The second kappa shape index (κ2) is 5.03. The van der Waals surface area contributed by atoms with E-state index in [0.29, 0.717) is 12.6 Å². The monoisotopic (exact) mass is 257 g/mol. The maximum atomic E-state index is 11.5. The molecule has 0 atom stereocenters. The van der Waals surface area contributed by atoms with E-state index in [9.17, 15) is 4.79 Å². The lowest BCUT2D eigenvalue weighted by Gasteiger charge is -2.09. The summed E-state index contributed by atoms with van der Waals surface area (Å²) in [6.07, 6.45) is 9.11. The molecule has 2 aromatic heterocycles. The molecule has 4 nitrogen and oxygen atoms in total. The van der Waals surface area contributed by atoms with Crippen LogP contribution in [0.3, 0.4) is 0 Å². The van der Waals surface area contributed by atoms with Crippen molar-refractivity contribution in [1.82, 2.24) is 14.3 Å². The fourth-order valence-corrected chi connectivity index (χ4v) is 2.88. The molecule has 1 fully saturated rings. The van der Waals surface area contributed by atoms with Gasteiger partial charge in [-0.25, -0.2) is 0 Å². The molecule has 1 saturated carbocycles. The zero-order valence-electron chi connectivity index (χ0n) is 11.2. The first-order valence-electron chi connectivity index (χ1n) is 6.94. The van der Waals surface area contributed by atoms with Gasteiger partial charge in [0.2, 0.25) is 0 Å². The second-order valence-electron chi connectivity index (χ2n) is 5.30. The van der Waals surface area contributed by atoms with E-state index in [1.54, 1.807) is 6.92 Å². The van der Waals surface area contributed by atoms with E-state index in [2.05, 4.69) is 22.0 Å². The molecule has 1 aliphatic carbocycles. The van der Waals surface area contributed by atoms with Crippen molar-refractivity contribution in [2.45, 2.75) is 45.2 Å². The van der Waals surface area contributed by atoms with Gasteiger partial charge in [-0.05, 0) is 31.0 Å². The van der Waals surface area contributed by atoms with Gasteiger partial charge in [0, 0.05) is 19.3 Å². The van der Waals surface area contributed by atoms with Gasteiger partial charge in [-0.2, -0.15) is 5.10 Å². The first-order valence-corrected chi connectivity index (χ1v) is 6.94. The molecule has 0 aliphatic heterocycles. The molecule has 0 amide bonds. The molecule has 2 aromatic rings. The minimum absolute atomic E-state index is 0.0974. The largest absolute Gasteiger partial charge is 0.339 e. The Kier molecular flexibility index (Phi) is 3.23. The Hall–Kier alpha value is -1.84. The van der Waals surface area contributed by atoms with Crippen molar-refractivity contribution in [3.63, 3.8) is 0 Å². The number of carbonyl (C=O) groups excluding carboxylic acids is 1. The summed E-state index contributed by atoms with van der Waals surface area (Å²) in [5, 5.41) is 4.65. The molecular formula is C15H19N3O. The Morgan fingerprint density at radius 1 is 1.32 bits per heavy atom. The predicted octanol–water partition coefficient (Wildman–Crippen LogP) is 3.05. The minimum atomic E-state index is 0.0974. The zero-order chi connectivity index (χ0) is 13.2. The van der Waals surface area contributed by atoms with Crippen LogP contribution in [0.25, 0.3) is 0 Å². The number of carbonyl (C=O) groups is 1. The summed E-state index contributed by atoms with van der Waals surface area (Å²) < 4.78 is 4.06. The average Bonchev–Trinajstić information content (AvgIpc) is 3.09. The molecule has 4 heteroatoms. The van der Waals surface area contributed by atoms with Crippen LogP contribution in [0.15, 0.2) is 30.6 Å². The normalized spacial score (nSPS) is 16.1. The highest BCUT2D eigenvalue weighted by Crippen LogP contribution is 2.28. The van der Waals surface area contributed by atoms with Crippen molar-refractivity contribution in [1.29, 1.82) is 0 Å². The summed E-state index contributed by atoms with van der Waals surface area (Å²) in [5.74, 6) is 0.0974. The SMILES string of the molecule is CC(=O)c1cccn1Cc1ccn(C2CCCC2)n1. The Morgan fingerprint density at radius 2 is 2.11 bits per heavy atom. The number of rotatable bonds is 4. The van der Waals surface area contributed by atoms with Gasteiger partial charge in [-0.1, -0.05) is 12.8 Å². The quantitative estimate of drug-likeness (QED) is 0.790. The predicted molar refractivity (Wildman–Crippen MR) is 73.3 cm³/mol. The lowest BCUT2D eigenvalue weighted by atomic mass is 10.3. The van der Waals surface area contributed by atoms with Crippen molar-refractivity contribution in [3.05, 3.63) is 42.0 Å². The third-order valence-corrected chi connectivity index (χ3v) is 3.88. The van der Waals surface area contributed by atoms with Gasteiger partial charge in [0.05, 0.1) is 24.0 Å². The van der Waals surface area contributed by atoms with E-state index in [4.69, 9.17) is 0 Å². The number of hydrogen-bond donors (Lipinski definition) is 0. The van der Waals surface area contributed by atoms with Crippen molar-refractivity contribution in [3.8, 4) is 0 Å². The first-order chi connectivity index (χ1) is 9.24. The maximum Gasteiger partial charge on any atom is 0.176 e. The number of Topliss-reactive ketones (excluding diaryl/α,β-unsaturated/α-hetero) is 1. The lowest BCUT2D eigenvalue weighted by Crippen LogP contribution is -2.09. The number of aromatic nitrogens is 3. The van der Waals surface area contributed by atoms with Crippen molar-refractivity contribution >= 4 is 5.78 Å². The maximum absolute atomic E-state index is 11.5. The van der Waals surface area contributed by atoms with Crippen molar-refractivity contribution in [2.24, 2.45) is 0 Å². The fraction of sp³-hybridized carbons (Fsp3) is 0.467. The standard InChI is InChI=1S/C15H19N3O/c1-12(19)15-7-4-9-17(15)11-13-8-10-18(16-13)14-5-2-3-6-14/h4,7-10,14H,2-3,5-6,11H2,1H3. The van der Waals surface area contributed by atoms with Crippen molar-refractivity contribution < 1.29 is 4.79 Å². The second-order valence-corrected chi connectivity index (χ2v) is 5.30. The highest BCUT2D eigenvalue weighted by Gasteiger charge is 2.17. The molecule has 0 radical (unpaired) electrons. The number of ketones is 1. The third-order valence-electron chi connectivity index (χ3n) is 3.88. The summed E-state index contributed by atoms with van der Waals surface area (Å²) in [6.45, 7) is 2.27.